The summed E-state index contributed by atoms with van der Waals surface area (Å²) in [4.78, 5) is 0. The molecule has 0 atom stereocenters. The molecule has 0 aliphatic carbocycles. The maximum atomic E-state index is 5.42. The Hall–Kier alpha value is -1.22. The van der Waals surface area contributed by atoms with Crippen molar-refractivity contribution in [2.75, 3.05) is 27.3 Å². The highest BCUT2D eigenvalue weighted by Crippen LogP contribution is 2.30. The summed E-state index contributed by atoms with van der Waals surface area (Å²) in [5, 5.41) is 3.41. The molecule has 1 aliphatic heterocycles. The highest BCUT2D eigenvalue weighted by atomic mass is 16.5. The van der Waals surface area contributed by atoms with E-state index >= 15 is 0 Å². The second-order valence-corrected chi connectivity index (χ2v) is 5.01. The molecule has 1 fully saturated rings. The lowest BCUT2D eigenvalue weighted by atomic mass is 9.89. The Morgan fingerprint density at radius 3 is 2.50 bits per heavy atom. The van der Waals surface area contributed by atoms with Gasteiger partial charge in [0, 0.05) is 6.07 Å². The summed E-state index contributed by atoms with van der Waals surface area (Å²) in [5.74, 6) is 2.60. The van der Waals surface area contributed by atoms with Crippen molar-refractivity contribution >= 4 is 0 Å². The Bertz CT molecular complexity index is 398. The molecule has 0 radical (unpaired) electrons. The molecule has 0 spiro atoms. The van der Waals surface area contributed by atoms with Crippen molar-refractivity contribution in [2.45, 2.75) is 26.2 Å². The fourth-order valence-electron chi connectivity index (χ4n) is 2.66. The van der Waals surface area contributed by atoms with E-state index in [-0.39, 0.29) is 0 Å². The highest BCUT2D eigenvalue weighted by molar-refractivity contribution is 5.46. The Labute approximate surface area is 109 Å². The molecule has 1 N–H and O–H groups in total. The molecule has 18 heavy (non-hydrogen) atoms. The second kappa shape index (κ2) is 6.10. The van der Waals surface area contributed by atoms with E-state index in [1.54, 1.807) is 14.2 Å². The van der Waals surface area contributed by atoms with Crippen LogP contribution < -0.4 is 14.8 Å². The van der Waals surface area contributed by atoms with Crippen LogP contribution in [0.1, 0.15) is 24.0 Å². The monoisotopic (exact) mass is 249 g/mol. The van der Waals surface area contributed by atoms with Gasteiger partial charge in [-0.05, 0) is 62.4 Å². The molecular formula is C15H23NO2. The second-order valence-electron chi connectivity index (χ2n) is 5.01. The first kappa shape index (κ1) is 13.2. The van der Waals surface area contributed by atoms with E-state index in [0.29, 0.717) is 0 Å². The minimum atomic E-state index is 0.779. The van der Waals surface area contributed by atoms with Gasteiger partial charge in [-0.3, -0.25) is 0 Å². The van der Waals surface area contributed by atoms with Crippen molar-refractivity contribution in [2.24, 2.45) is 5.92 Å². The molecule has 0 saturated carbocycles. The van der Waals surface area contributed by atoms with E-state index in [1.165, 1.54) is 24.0 Å². The zero-order valence-corrected chi connectivity index (χ0v) is 11.6. The third-order valence-electron chi connectivity index (χ3n) is 3.86. The number of rotatable bonds is 4. The van der Waals surface area contributed by atoms with Crippen LogP contribution in [0.3, 0.4) is 0 Å². The fraction of sp³-hybridized carbons (Fsp3) is 0.600. The Morgan fingerprint density at radius 1 is 1.17 bits per heavy atom. The van der Waals surface area contributed by atoms with Crippen LogP contribution in [0.5, 0.6) is 11.5 Å². The number of piperidine rings is 1. The van der Waals surface area contributed by atoms with Crippen LogP contribution in [0.25, 0.3) is 0 Å². The van der Waals surface area contributed by atoms with Crippen LogP contribution in [-0.4, -0.2) is 27.3 Å². The summed E-state index contributed by atoms with van der Waals surface area (Å²) in [6, 6.07) is 4.11. The van der Waals surface area contributed by atoms with Gasteiger partial charge >= 0.3 is 0 Å². The van der Waals surface area contributed by atoms with Gasteiger partial charge in [0.2, 0.25) is 0 Å². The number of hydrogen-bond donors (Lipinski definition) is 1. The highest BCUT2D eigenvalue weighted by Gasteiger charge is 2.16. The van der Waals surface area contributed by atoms with Crippen LogP contribution in [0.4, 0.5) is 0 Å². The summed E-state index contributed by atoms with van der Waals surface area (Å²) in [5.41, 5.74) is 2.61. The fourth-order valence-corrected chi connectivity index (χ4v) is 2.66. The van der Waals surface area contributed by atoms with Crippen LogP contribution in [0.2, 0.25) is 0 Å². The van der Waals surface area contributed by atoms with Gasteiger partial charge in [0.1, 0.15) is 11.5 Å². The van der Waals surface area contributed by atoms with E-state index in [1.807, 2.05) is 6.07 Å². The smallest absolute Gasteiger partial charge is 0.125 e. The van der Waals surface area contributed by atoms with E-state index in [0.717, 1.165) is 36.9 Å². The normalized spacial score (nSPS) is 16.6. The molecule has 3 nitrogen and oxygen atoms in total. The first-order chi connectivity index (χ1) is 8.74. The summed E-state index contributed by atoms with van der Waals surface area (Å²) in [6.45, 7) is 4.42. The third-order valence-corrected chi connectivity index (χ3v) is 3.86. The maximum Gasteiger partial charge on any atom is 0.125 e. The lowest BCUT2D eigenvalue weighted by Gasteiger charge is -2.24. The molecule has 1 saturated heterocycles. The van der Waals surface area contributed by atoms with Crippen molar-refractivity contribution < 1.29 is 9.47 Å². The molecule has 0 bridgehead atoms. The minimum Gasteiger partial charge on any atom is -0.497 e. The lowest BCUT2D eigenvalue weighted by molar-refractivity contribution is 0.367. The van der Waals surface area contributed by atoms with E-state index in [9.17, 15) is 0 Å². The van der Waals surface area contributed by atoms with E-state index in [2.05, 4.69) is 18.3 Å². The Balaban J connectivity index is 2.19. The zero-order valence-electron chi connectivity index (χ0n) is 11.6. The first-order valence-corrected chi connectivity index (χ1v) is 6.66. The van der Waals surface area contributed by atoms with E-state index in [4.69, 9.17) is 9.47 Å². The predicted molar refractivity (Wildman–Crippen MR) is 73.6 cm³/mol. The Kier molecular flexibility index (Phi) is 4.48. The van der Waals surface area contributed by atoms with Gasteiger partial charge in [-0.1, -0.05) is 0 Å². The van der Waals surface area contributed by atoms with Crippen molar-refractivity contribution in [3.8, 4) is 11.5 Å². The SMILES string of the molecule is COc1cc(CC2CCNCC2)c(C)c(OC)c1. The molecule has 2 rings (SSSR count). The standard InChI is InChI=1S/C15H23NO2/c1-11-13(8-12-4-6-16-7-5-12)9-14(17-2)10-15(11)18-3/h9-10,12,16H,4-8H2,1-3H3. The maximum absolute atomic E-state index is 5.42. The number of ether oxygens (including phenoxy) is 2. The third kappa shape index (κ3) is 2.96. The summed E-state index contributed by atoms with van der Waals surface area (Å²) in [7, 11) is 3.43. The molecule has 1 aromatic carbocycles. The molecule has 1 heterocycles. The minimum absolute atomic E-state index is 0.779. The topological polar surface area (TPSA) is 30.5 Å². The average molecular weight is 249 g/mol. The molecule has 0 amide bonds. The molecule has 0 unspecified atom stereocenters. The van der Waals surface area contributed by atoms with E-state index < -0.39 is 0 Å². The quantitative estimate of drug-likeness (QED) is 0.889. The van der Waals surface area contributed by atoms with Gasteiger partial charge in [-0.15, -0.1) is 0 Å². The van der Waals surface area contributed by atoms with Crippen molar-refractivity contribution in [1.82, 2.24) is 5.32 Å². The summed E-state index contributed by atoms with van der Waals surface area (Å²) >= 11 is 0. The predicted octanol–water partition coefficient (Wildman–Crippen LogP) is 2.55. The summed E-state index contributed by atoms with van der Waals surface area (Å²) in [6.07, 6.45) is 3.65. The average Bonchev–Trinajstić information content (AvgIpc) is 2.42. The van der Waals surface area contributed by atoms with Gasteiger partial charge in [-0.2, -0.15) is 0 Å². The van der Waals surface area contributed by atoms with Crippen LogP contribution in [0.15, 0.2) is 12.1 Å². The molecular weight excluding hydrogens is 226 g/mol. The van der Waals surface area contributed by atoms with Crippen molar-refractivity contribution in [1.29, 1.82) is 0 Å². The lowest BCUT2D eigenvalue weighted by Crippen LogP contribution is -2.28. The number of hydrogen-bond acceptors (Lipinski definition) is 3. The van der Waals surface area contributed by atoms with Crippen LogP contribution in [-0.2, 0) is 6.42 Å². The number of nitrogens with one attached hydrogen (secondary N) is 1. The van der Waals surface area contributed by atoms with Gasteiger partial charge in [0.15, 0.2) is 0 Å². The number of methoxy groups -OCH3 is 2. The van der Waals surface area contributed by atoms with Gasteiger partial charge in [-0.25, -0.2) is 0 Å². The molecule has 0 aromatic heterocycles. The molecule has 1 aliphatic rings. The Morgan fingerprint density at radius 2 is 1.89 bits per heavy atom. The summed E-state index contributed by atoms with van der Waals surface area (Å²) < 4.78 is 10.8. The number of benzene rings is 1. The van der Waals surface area contributed by atoms with Crippen LogP contribution in [0, 0.1) is 12.8 Å². The van der Waals surface area contributed by atoms with Gasteiger partial charge in [0.05, 0.1) is 14.2 Å². The van der Waals surface area contributed by atoms with Gasteiger partial charge in [0.25, 0.3) is 0 Å². The first-order valence-electron chi connectivity index (χ1n) is 6.66. The molecule has 100 valence electrons. The van der Waals surface area contributed by atoms with Gasteiger partial charge < -0.3 is 14.8 Å². The van der Waals surface area contributed by atoms with Crippen molar-refractivity contribution in [3.05, 3.63) is 23.3 Å². The van der Waals surface area contributed by atoms with Crippen molar-refractivity contribution in [3.63, 3.8) is 0 Å². The molecule has 1 aromatic rings. The van der Waals surface area contributed by atoms with Crippen LogP contribution >= 0.6 is 0 Å². The molecule has 3 heteroatoms. The largest absolute Gasteiger partial charge is 0.497 e. The zero-order chi connectivity index (χ0) is 13.0.